The second-order valence-corrected chi connectivity index (χ2v) is 6.79. The van der Waals surface area contributed by atoms with Gasteiger partial charge < -0.3 is 14.1 Å². The van der Waals surface area contributed by atoms with Crippen molar-refractivity contribution in [2.45, 2.75) is 19.4 Å². The summed E-state index contributed by atoms with van der Waals surface area (Å²) in [5.41, 5.74) is 1.88. The molecule has 1 unspecified atom stereocenters. The van der Waals surface area contributed by atoms with E-state index in [0.29, 0.717) is 36.7 Å². The molecule has 144 valence electrons. The number of amides is 1. The third kappa shape index (κ3) is 3.82. The Bertz CT molecular complexity index is 971. The first kappa shape index (κ1) is 18.4. The predicted octanol–water partition coefficient (Wildman–Crippen LogP) is 3.93. The molecule has 0 radical (unpaired) electrons. The minimum Gasteiger partial charge on any atom is -0.441 e. The van der Waals surface area contributed by atoms with Gasteiger partial charge in [-0.15, -0.1) is 0 Å². The Morgan fingerprint density at radius 3 is 2.71 bits per heavy atom. The van der Waals surface area contributed by atoms with Crippen molar-refractivity contribution in [3.05, 3.63) is 77.4 Å². The summed E-state index contributed by atoms with van der Waals surface area (Å²) in [6, 6.07) is 16.2. The lowest BCUT2D eigenvalue weighted by molar-refractivity contribution is -0.138. The van der Waals surface area contributed by atoms with Gasteiger partial charge in [0.25, 0.3) is 0 Å². The molecule has 5 nitrogen and oxygen atoms in total. The van der Waals surface area contributed by atoms with Gasteiger partial charge in [-0.3, -0.25) is 4.79 Å². The summed E-state index contributed by atoms with van der Waals surface area (Å²) in [5, 5.41) is 0. The van der Waals surface area contributed by atoms with Gasteiger partial charge >= 0.3 is 0 Å². The van der Waals surface area contributed by atoms with Crippen LogP contribution in [-0.2, 0) is 16.0 Å². The Labute approximate surface area is 162 Å². The van der Waals surface area contributed by atoms with Gasteiger partial charge in [-0.25, -0.2) is 9.37 Å². The number of hydrogen-bond acceptors (Lipinski definition) is 4. The van der Waals surface area contributed by atoms with Crippen LogP contribution in [0.3, 0.4) is 0 Å². The fourth-order valence-electron chi connectivity index (χ4n) is 3.34. The average molecular weight is 380 g/mol. The van der Waals surface area contributed by atoms with Crippen molar-refractivity contribution in [3.63, 3.8) is 0 Å². The molecule has 6 heteroatoms. The van der Waals surface area contributed by atoms with Crippen LogP contribution in [0.25, 0.3) is 11.5 Å². The summed E-state index contributed by atoms with van der Waals surface area (Å²) in [6.45, 7) is 3.27. The number of aryl methyl sites for hydroxylation is 1. The maximum absolute atomic E-state index is 14.0. The Kier molecular flexibility index (Phi) is 5.21. The smallest absolute Gasteiger partial charge is 0.229 e. The highest BCUT2D eigenvalue weighted by Crippen LogP contribution is 2.26. The number of hydrogen-bond donors (Lipinski definition) is 0. The van der Waals surface area contributed by atoms with Gasteiger partial charge in [-0.2, -0.15) is 0 Å². The van der Waals surface area contributed by atoms with Crippen LogP contribution in [0.1, 0.15) is 23.1 Å². The highest BCUT2D eigenvalue weighted by molar-refractivity contribution is 5.79. The fraction of sp³-hybridized carbons (Fsp3) is 0.273. The number of oxazole rings is 1. The zero-order chi connectivity index (χ0) is 19.5. The van der Waals surface area contributed by atoms with Gasteiger partial charge in [0.15, 0.2) is 0 Å². The number of carbonyl (C=O) groups excluding carboxylic acids is 1. The van der Waals surface area contributed by atoms with Crippen molar-refractivity contribution in [1.82, 2.24) is 9.88 Å². The quantitative estimate of drug-likeness (QED) is 0.688. The predicted molar refractivity (Wildman–Crippen MR) is 102 cm³/mol. The molecule has 1 aliphatic rings. The van der Waals surface area contributed by atoms with Crippen LogP contribution >= 0.6 is 0 Å². The van der Waals surface area contributed by atoms with Crippen molar-refractivity contribution < 1.29 is 18.3 Å². The zero-order valence-electron chi connectivity index (χ0n) is 15.6. The number of ether oxygens (including phenoxy) is 1. The topological polar surface area (TPSA) is 55.6 Å². The van der Waals surface area contributed by atoms with E-state index in [1.807, 2.05) is 30.3 Å². The first-order valence-corrected chi connectivity index (χ1v) is 9.27. The average Bonchev–Trinajstić information content (AvgIpc) is 3.09. The number of nitrogens with zero attached hydrogens (tertiary/aromatic N) is 2. The Morgan fingerprint density at radius 2 is 1.93 bits per heavy atom. The third-order valence-corrected chi connectivity index (χ3v) is 4.91. The molecule has 2 heterocycles. The second-order valence-electron chi connectivity index (χ2n) is 6.79. The maximum Gasteiger partial charge on any atom is 0.229 e. The van der Waals surface area contributed by atoms with E-state index in [4.69, 9.17) is 9.15 Å². The summed E-state index contributed by atoms with van der Waals surface area (Å²) >= 11 is 0. The van der Waals surface area contributed by atoms with Gasteiger partial charge in [-0.1, -0.05) is 42.5 Å². The third-order valence-electron chi connectivity index (χ3n) is 4.91. The molecular formula is C22H21FN2O3. The van der Waals surface area contributed by atoms with E-state index in [2.05, 4.69) is 4.98 Å². The Morgan fingerprint density at radius 1 is 1.18 bits per heavy atom. The Balaban J connectivity index is 1.47. The minimum absolute atomic E-state index is 0.0410. The van der Waals surface area contributed by atoms with Gasteiger partial charge in [0, 0.05) is 6.54 Å². The summed E-state index contributed by atoms with van der Waals surface area (Å²) in [5.74, 6) is 0.281. The lowest BCUT2D eigenvalue weighted by atomic mass is 10.1. The van der Waals surface area contributed by atoms with Gasteiger partial charge in [0.2, 0.25) is 11.8 Å². The van der Waals surface area contributed by atoms with Crippen LogP contribution in [-0.4, -0.2) is 35.5 Å². The zero-order valence-corrected chi connectivity index (χ0v) is 15.6. The van der Waals surface area contributed by atoms with Crippen molar-refractivity contribution >= 4 is 5.91 Å². The molecule has 28 heavy (non-hydrogen) atoms. The summed E-state index contributed by atoms with van der Waals surface area (Å²) in [6.07, 6.45) is -0.0167. The molecule has 0 N–H and O–H groups in total. The van der Waals surface area contributed by atoms with Crippen molar-refractivity contribution in [1.29, 1.82) is 0 Å². The highest BCUT2D eigenvalue weighted by Gasteiger charge is 2.26. The number of halogens is 1. The van der Waals surface area contributed by atoms with E-state index in [-0.39, 0.29) is 24.3 Å². The van der Waals surface area contributed by atoms with Crippen LogP contribution in [0, 0.1) is 12.7 Å². The van der Waals surface area contributed by atoms with E-state index in [9.17, 15) is 9.18 Å². The van der Waals surface area contributed by atoms with Crippen LogP contribution < -0.4 is 0 Å². The second kappa shape index (κ2) is 7.94. The minimum atomic E-state index is -0.402. The molecule has 1 amide bonds. The number of morpholine rings is 1. The summed E-state index contributed by atoms with van der Waals surface area (Å²) in [4.78, 5) is 19.0. The molecule has 1 fully saturated rings. The summed E-state index contributed by atoms with van der Waals surface area (Å²) < 4.78 is 25.4. The molecular weight excluding hydrogens is 359 g/mol. The molecule has 3 aromatic rings. The molecule has 0 saturated carbocycles. The maximum atomic E-state index is 14.0. The number of aromatic nitrogens is 1. The molecule has 2 aromatic carbocycles. The molecule has 1 aromatic heterocycles. The van der Waals surface area contributed by atoms with E-state index in [1.54, 1.807) is 30.0 Å². The monoisotopic (exact) mass is 380 g/mol. The number of carbonyl (C=O) groups is 1. The molecule has 1 saturated heterocycles. The molecule has 0 spiro atoms. The Hall–Kier alpha value is -2.99. The van der Waals surface area contributed by atoms with Gasteiger partial charge in [0.05, 0.1) is 30.8 Å². The van der Waals surface area contributed by atoms with E-state index < -0.39 is 5.82 Å². The first-order chi connectivity index (χ1) is 13.6. The van der Waals surface area contributed by atoms with Crippen LogP contribution in [0.5, 0.6) is 0 Å². The molecule has 0 bridgehead atoms. The number of rotatable bonds is 4. The van der Waals surface area contributed by atoms with Gasteiger partial charge in [0.1, 0.15) is 17.7 Å². The van der Waals surface area contributed by atoms with Crippen LogP contribution in [0.2, 0.25) is 0 Å². The molecule has 0 aliphatic carbocycles. The van der Waals surface area contributed by atoms with Crippen LogP contribution in [0.15, 0.2) is 59.0 Å². The SMILES string of the molecule is Cc1oc(-c2ccccc2F)nc1CC(=O)N1CCOC(c2ccccc2)C1. The van der Waals surface area contributed by atoms with Crippen molar-refractivity contribution in [3.8, 4) is 11.5 Å². The lowest BCUT2D eigenvalue weighted by Crippen LogP contribution is -2.43. The first-order valence-electron chi connectivity index (χ1n) is 9.27. The van der Waals surface area contributed by atoms with Crippen LogP contribution in [0.4, 0.5) is 4.39 Å². The van der Waals surface area contributed by atoms with Crippen molar-refractivity contribution in [2.75, 3.05) is 19.7 Å². The normalized spacial score (nSPS) is 16.9. The largest absolute Gasteiger partial charge is 0.441 e. The molecule has 4 rings (SSSR count). The molecule has 1 atom stereocenters. The highest BCUT2D eigenvalue weighted by atomic mass is 19.1. The standard InChI is InChI=1S/C22H21FN2O3/c1-15-19(24-22(28-15)17-9-5-6-10-18(17)23)13-21(26)25-11-12-27-20(14-25)16-7-3-2-4-8-16/h2-10,20H,11-14H2,1H3. The summed E-state index contributed by atoms with van der Waals surface area (Å²) in [7, 11) is 0. The molecule has 1 aliphatic heterocycles. The van der Waals surface area contributed by atoms with E-state index in [0.717, 1.165) is 5.56 Å². The van der Waals surface area contributed by atoms with Gasteiger partial charge in [-0.05, 0) is 24.6 Å². The van der Waals surface area contributed by atoms with Crippen molar-refractivity contribution in [2.24, 2.45) is 0 Å². The number of benzene rings is 2. The fourth-order valence-corrected chi connectivity index (χ4v) is 3.34. The lowest BCUT2D eigenvalue weighted by Gasteiger charge is -2.33. The van der Waals surface area contributed by atoms with E-state index in [1.165, 1.54) is 6.07 Å². The van der Waals surface area contributed by atoms with E-state index >= 15 is 0 Å².